The molecule has 1 aliphatic heterocycles. The van der Waals surface area contributed by atoms with Gasteiger partial charge in [-0.3, -0.25) is 4.79 Å². The van der Waals surface area contributed by atoms with Crippen molar-refractivity contribution in [3.05, 3.63) is 16.3 Å². The lowest BCUT2D eigenvalue weighted by Gasteiger charge is -2.27. The molecular weight excluding hydrogens is 310 g/mol. The second-order valence-electron chi connectivity index (χ2n) is 5.89. The highest BCUT2D eigenvalue weighted by atomic mass is 32.1. The van der Waals surface area contributed by atoms with Gasteiger partial charge in [0.05, 0.1) is 5.39 Å². The van der Waals surface area contributed by atoms with Crippen molar-refractivity contribution in [3.63, 3.8) is 0 Å². The fourth-order valence-corrected chi connectivity index (χ4v) is 3.92. The first-order valence-corrected chi connectivity index (χ1v) is 8.84. The summed E-state index contributed by atoms with van der Waals surface area (Å²) in [4.78, 5) is 25.5. The van der Waals surface area contributed by atoms with Gasteiger partial charge in [0.1, 0.15) is 16.5 Å². The van der Waals surface area contributed by atoms with Crippen molar-refractivity contribution in [3.8, 4) is 0 Å². The molecule has 1 aliphatic rings. The predicted molar refractivity (Wildman–Crippen MR) is 94.2 cm³/mol. The lowest BCUT2D eigenvalue weighted by atomic mass is 10.2. The number of carbonyl (C=O) groups excluding carboxylic acids is 1. The van der Waals surface area contributed by atoms with Crippen LogP contribution in [0.1, 0.15) is 22.7 Å². The number of rotatable bonds is 4. The summed E-state index contributed by atoms with van der Waals surface area (Å²) in [5.74, 6) is 1.82. The second kappa shape index (κ2) is 6.80. The van der Waals surface area contributed by atoms with E-state index >= 15 is 0 Å². The minimum Gasteiger partial charge on any atom is -0.369 e. The maximum absolute atomic E-state index is 12.2. The highest BCUT2D eigenvalue weighted by Gasteiger charge is 2.17. The predicted octanol–water partition coefficient (Wildman–Crippen LogP) is 1.85. The average molecular weight is 333 g/mol. The molecule has 2 aromatic heterocycles. The molecule has 3 heterocycles. The molecule has 1 amide bonds. The van der Waals surface area contributed by atoms with E-state index in [1.54, 1.807) is 11.3 Å². The third-order valence-electron chi connectivity index (χ3n) is 4.24. The molecule has 0 unspecified atom stereocenters. The Balaban J connectivity index is 1.68. The van der Waals surface area contributed by atoms with Crippen molar-refractivity contribution in [1.82, 2.24) is 20.2 Å². The van der Waals surface area contributed by atoms with Crippen LogP contribution in [0, 0.1) is 20.8 Å². The molecule has 0 radical (unpaired) electrons. The molecule has 0 bridgehead atoms. The first-order chi connectivity index (χ1) is 11.1. The second-order valence-corrected chi connectivity index (χ2v) is 7.09. The lowest BCUT2D eigenvalue weighted by molar-refractivity contribution is -0.131. The minimum absolute atomic E-state index is 0.208. The zero-order chi connectivity index (χ0) is 16.4. The molecule has 3 rings (SSSR count). The van der Waals surface area contributed by atoms with Crippen LogP contribution in [0.2, 0.25) is 0 Å². The maximum atomic E-state index is 12.2. The largest absolute Gasteiger partial charge is 0.369 e. The van der Waals surface area contributed by atoms with Crippen LogP contribution in [0.5, 0.6) is 0 Å². The van der Waals surface area contributed by atoms with Gasteiger partial charge in [-0.15, -0.1) is 11.3 Å². The molecule has 0 spiro atoms. The first-order valence-electron chi connectivity index (χ1n) is 8.03. The SMILES string of the molecule is Cc1nc(NCCC(=O)N2CCNCC2)c2c(C)c(C)sc2n1. The topological polar surface area (TPSA) is 70.2 Å². The van der Waals surface area contributed by atoms with E-state index in [0.29, 0.717) is 13.0 Å². The summed E-state index contributed by atoms with van der Waals surface area (Å²) in [7, 11) is 0. The number of nitrogens with one attached hydrogen (secondary N) is 2. The Kier molecular flexibility index (Phi) is 4.77. The average Bonchev–Trinajstić information content (AvgIpc) is 2.82. The molecule has 23 heavy (non-hydrogen) atoms. The van der Waals surface area contributed by atoms with Crippen molar-refractivity contribution in [1.29, 1.82) is 0 Å². The highest BCUT2D eigenvalue weighted by molar-refractivity contribution is 7.18. The van der Waals surface area contributed by atoms with E-state index in [2.05, 4.69) is 34.4 Å². The summed E-state index contributed by atoms with van der Waals surface area (Å²) in [5.41, 5.74) is 1.22. The Labute approximate surface area is 140 Å². The monoisotopic (exact) mass is 333 g/mol. The standard InChI is InChI=1S/C16H23N5OS/c1-10-11(2)23-16-14(10)15(19-12(3)20-16)18-5-4-13(22)21-8-6-17-7-9-21/h17H,4-9H2,1-3H3,(H,18,19,20). The molecule has 1 fully saturated rings. The van der Waals surface area contributed by atoms with Crippen molar-refractivity contribution in [2.24, 2.45) is 0 Å². The number of carbonyl (C=O) groups is 1. The fraction of sp³-hybridized carbons (Fsp3) is 0.562. The number of aromatic nitrogens is 2. The Morgan fingerprint density at radius 2 is 2.00 bits per heavy atom. The smallest absolute Gasteiger partial charge is 0.224 e. The number of anilines is 1. The van der Waals surface area contributed by atoms with Gasteiger partial charge >= 0.3 is 0 Å². The van der Waals surface area contributed by atoms with Crippen LogP contribution >= 0.6 is 11.3 Å². The van der Waals surface area contributed by atoms with Gasteiger partial charge in [-0.2, -0.15) is 0 Å². The van der Waals surface area contributed by atoms with Crippen molar-refractivity contribution in [2.45, 2.75) is 27.2 Å². The Morgan fingerprint density at radius 3 is 2.74 bits per heavy atom. The van der Waals surface area contributed by atoms with Crippen LogP contribution in [0.4, 0.5) is 5.82 Å². The molecule has 6 nitrogen and oxygen atoms in total. The normalized spacial score (nSPS) is 15.2. The molecule has 0 aromatic carbocycles. The van der Waals surface area contributed by atoms with Gasteiger partial charge in [-0.05, 0) is 26.3 Å². The van der Waals surface area contributed by atoms with Crippen molar-refractivity contribution in [2.75, 3.05) is 38.0 Å². The van der Waals surface area contributed by atoms with Crippen LogP contribution in [-0.4, -0.2) is 53.5 Å². The van der Waals surface area contributed by atoms with Gasteiger partial charge in [0.2, 0.25) is 5.91 Å². The molecular formula is C16H23N5OS. The number of hydrogen-bond donors (Lipinski definition) is 2. The molecule has 7 heteroatoms. The number of hydrogen-bond acceptors (Lipinski definition) is 6. The third kappa shape index (κ3) is 3.45. The molecule has 124 valence electrons. The highest BCUT2D eigenvalue weighted by Crippen LogP contribution is 2.33. The minimum atomic E-state index is 0.208. The summed E-state index contributed by atoms with van der Waals surface area (Å²) >= 11 is 1.70. The number of piperazine rings is 1. The van der Waals surface area contributed by atoms with Crippen LogP contribution in [0.15, 0.2) is 0 Å². The number of aryl methyl sites for hydroxylation is 3. The molecule has 2 N–H and O–H groups in total. The van der Waals surface area contributed by atoms with E-state index in [0.717, 1.165) is 48.0 Å². The summed E-state index contributed by atoms with van der Waals surface area (Å²) < 4.78 is 0. The first kappa shape index (κ1) is 16.1. The van der Waals surface area contributed by atoms with E-state index in [1.807, 2.05) is 11.8 Å². The quantitative estimate of drug-likeness (QED) is 0.893. The van der Waals surface area contributed by atoms with Crippen LogP contribution in [0.3, 0.4) is 0 Å². The summed E-state index contributed by atoms with van der Waals surface area (Å²) in [6.07, 6.45) is 0.493. The van der Waals surface area contributed by atoms with Gasteiger partial charge in [0.25, 0.3) is 0 Å². The van der Waals surface area contributed by atoms with Gasteiger partial charge in [0.15, 0.2) is 0 Å². The molecule has 2 aromatic rings. The molecule has 1 saturated heterocycles. The van der Waals surface area contributed by atoms with Gasteiger partial charge in [-0.1, -0.05) is 0 Å². The van der Waals surface area contributed by atoms with E-state index in [9.17, 15) is 4.79 Å². The van der Waals surface area contributed by atoms with E-state index in [4.69, 9.17) is 0 Å². The maximum Gasteiger partial charge on any atom is 0.224 e. The summed E-state index contributed by atoms with van der Waals surface area (Å²) in [5, 5.41) is 7.70. The Morgan fingerprint density at radius 1 is 1.26 bits per heavy atom. The Hall–Kier alpha value is -1.73. The van der Waals surface area contributed by atoms with Gasteiger partial charge in [0, 0.05) is 44.0 Å². The van der Waals surface area contributed by atoms with Crippen molar-refractivity contribution >= 4 is 33.3 Å². The number of nitrogens with zero attached hydrogens (tertiary/aromatic N) is 3. The summed E-state index contributed by atoms with van der Waals surface area (Å²) in [6.45, 7) is 10.1. The van der Waals surface area contributed by atoms with Crippen LogP contribution in [-0.2, 0) is 4.79 Å². The lowest BCUT2D eigenvalue weighted by Crippen LogP contribution is -2.46. The van der Waals surface area contributed by atoms with Crippen LogP contribution < -0.4 is 10.6 Å². The van der Waals surface area contributed by atoms with Crippen molar-refractivity contribution < 1.29 is 4.79 Å². The Bertz CT molecular complexity index is 721. The van der Waals surface area contributed by atoms with Gasteiger partial charge < -0.3 is 15.5 Å². The van der Waals surface area contributed by atoms with E-state index in [-0.39, 0.29) is 5.91 Å². The van der Waals surface area contributed by atoms with Gasteiger partial charge in [-0.25, -0.2) is 9.97 Å². The summed E-state index contributed by atoms with van der Waals surface area (Å²) in [6, 6.07) is 0. The molecule has 0 aliphatic carbocycles. The number of fused-ring (bicyclic) bond motifs is 1. The number of amides is 1. The van der Waals surface area contributed by atoms with E-state index < -0.39 is 0 Å². The third-order valence-corrected chi connectivity index (χ3v) is 5.34. The zero-order valence-electron chi connectivity index (χ0n) is 13.9. The van der Waals surface area contributed by atoms with E-state index in [1.165, 1.54) is 10.4 Å². The van der Waals surface area contributed by atoms with Crippen LogP contribution in [0.25, 0.3) is 10.2 Å². The molecule has 0 saturated carbocycles. The molecule has 0 atom stereocenters. The fourth-order valence-electron chi connectivity index (χ4n) is 2.84. The zero-order valence-corrected chi connectivity index (χ0v) is 14.7. The number of thiophene rings is 1.